The van der Waals surface area contributed by atoms with Crippen molar-refractivity contribution < 1.29 is 14.3 Å². The number of hydrogen-bond acceptors (Lipinski definition) is 3. The molecule has 1 heterocycles. The van der Waals surface area contributed by atoms with Crippen LogP contribution in [0.5, 0.6) is 5.75 Å². The van der Waals surface area contributed by atoms with Crippen LogP contribution in [0.3, 0.4) is 0 Å². The van der Waals surface area contributed by atoms with E-state index in [0.29, 0.717) is 26.2 Å². The van der Waals surface area contributed by atoms with Gasteiger partial charge in [-0.1, -0.05) is 12.1 Å². The van der Waals surface area contributed by atoms with Crippen LogP contribution in [0.15, 0.2) is 24.3 Å². The van der Waals surface area contributed by atoms with Crippen LogP contribution in [0.2, 0.25) is 0 Å². The summed E-state index contributed by atoms with van der Waals surface area (Å²) >= 11 is 0. The van der Waals surface area contributed by atoms with E-state index in [1.165, 1.54) is 0 Å². The quantitative estimate of drug-likeness (QED) is 0.830. The molecule has 25 heavy (non-hydrogen) atoms. The second-order valence-electron chi connectivity index (χ2n) is 6.66. The van der Waals surface area contributed by atoms with E-state index in [9.17, 15) is 9.59 Å². The second kappa shape index (κ2) is 9.30. The molecule has 0 aliphatic carbocycles. The van der Waals surface area contributed by atoms with Crippen LogP contribution in [0.1, 0.15) is 32.3 Å². The predicted molar refractivity (Wildman–Crippen MR) is 97.6 cm³/mol. The molecular formula is C19H29N3O3. The van der Waals surface area contributed by atoms with Gasteiger partial charge in [-0.3, -0.25) is 4.79 Å². The van der Waals surface area contributed by atoms with E-state index in [2.05, 4.69) is 10.6 Å². The van der Waals surface area contributed by atoms with Gasteiger partial charge >= 0.3 is 6.03 Å². The number of ether oxygens (including phenoxy) is 1. The number of carbonyl (C=O) groups is 2. The molecule has 2 rings (SSSR count). The van der Waals surface area contributed by atoms with Crippen LogP contribution in [0.25, 0.3) is 0 Å². The molecule has 0 saturated carbocycles. The summed E-state index contributed by atoms with van der Waals surface area (Å²) in [5.41, 5.74) is 1.14. The molecule has 1 aliphatic heterocycles. The molecule has 0 radical (unpaired) electrons. The van der Waals surface area contributed by atoms with Gasteiger partial charge in [0.2, 0.25) is 5.91 Å². The van der Waals surface area contributed by atoms with Crippen molar-refractivity contribution in [2.75, 3.05) is 26.2 Å². The van der Waals surface area contributed by atoms with Crippen LogP contribution < -0.4 is 15.4 Å². The number of piperidine rings is 1. The normalized spacial score (nSPS) is 18.4. The van der Waals surface area contributed by atoms with Crippen molar-refractivity contribution in [1.29, 1.82) is 0 Å². The molecule has 6 nitrogen and oxygen atoms in total. The lowest BCUT2D eigenvalue weighted by molar-refractivity contribution is -0.126. The van der Waals surface area contributed by atoms with Gasteiger partial charge in [-0.25, -0.2) is 4.79 Å². The van der Waals surface area contributed by atoms with Gasteiger partial charge in [0, 0.05) is 19.6 Å². The molecule has 138 valence electrons. The van der Waals surface area contributed by atoms with Crippen molar-refractivity contribution in [3.8, 4) is 5.75 Å². The van der Waals surface area contributed by atoms with Crippen LogP contribution in [0, 0.1) is 12.8 Å². The van der Waals surface area contributed by atoms with Gasteiger partial charge < -0.3 is 20.3 Å². The van der Waals surface area contributed by atoms with E-state index < -0.39 is 0 Å². The molecule has 0 spiro atoms. The number of aryl methyl sites for hydroxylation is 1. The molecule has 1 saturated heterocycles. The third-order valence-corrected chi connectivity index (χ3v) is 4.29. The Kier molecular flexibility index (Phi) is 7.10. The number of nitrogens with zero attached hydrogens (tertiary/aromatic N) is 1. The fourth-order valence-corrected chi connectivity index (χ4v) is 2.96. The van der Waals surface area contributed by atoms with Gasteiger partial charge in [-0.2, -0.15) is 0 Å². The molecule has 0 unspecified atom stereocenters. The molecule has 1 fully saturated rings. The summed E-state index contributed by atoms with van der Waals surface area (Å²) < 4.78 is 5.73. The van der Waals surface area contributed by atoms with Crippen molar-refractivity contribution in [2.45, 2.75) is 39.7 Å². The highest BCUT2D eigenvalue weighted by Crippen LogP contribution is 2.17. The molecule has 1 aromatic carbocycles. The number of hydrogen-bond donors (Lipinski definition) is 2. The summed E-state index contributed by atoms with van der Waals surface area (Å²) in [7, 11) is 0. The standard InChI is InChI=1S/C19H29N3O3/c1-4-20-18(23)16-8-6-10-22(12-16)19(24)21-15(3)13-25-17-9-5-7-14(2)11-17/h5,7,9,11,15-16H,4,6,8,10,12-13H2,1-3H3,(H,20,23)(H,21,24)/t15-,16-/m1/s1. The number of nitrogens with one attached hydrogen (secondary N) is 2. The highest BCUT2D eigenvalue weighted by molar-refractivity contribution is 5.80. The maximum absolute atomic E-state index is 12.4. The molecular weight excluding hydrogens is 318 g/mol. The Morgan fingerprint density at radius 2 is 2.20 bits per heavy atom. The Morgan fingerprint density at radius 3 is 2.92 bits per heavy atom. The zero-order chi connectivity index (χ0) is 18.2. The van der Waals surface area contributed by atoms with Crippen molar-refractivity contribution in [3.63, 3.8) is 0 Å². The van der Waals surface area contributed by atoms with E-state index >= 15 is 0 Å². The summed E-state index contributed by atoms with van der Waals surface area (Å²) in [4.78, 5) is 26.1. The number of amides is 3. The number of likely N-dealkylation sites (tertiary alicyclic amines) is 1. The average Bonchev–Trinajstić information content (AvgIpc) is 2.60. The van der Waals surface area contributed by atoms with E-state index in [-0.39, 0.29) is 23.9 Å². The maximum atomic E-state index is 12.4. The molecule has 0 bridgehead atoms. The van der Waals surface area contributed by atoms with Gasteiger partial charge in [-0.05, 0) is 51.3 Å². The lowest BCUT2D eigenvalue weighted by Gasteiger charge is -2.32. The van der Waals surface area contributed by atoms with Gasteiger partial charge in [0.05, 0.1) is 12.0 Å². The van der Waals surface area contributed by atoms with Gasteiger partial charge in [0.25, 0.3) is 0 Å². The zero-order valence-electron chi connectivity index (χ0n) is 15.4. The average molecular weight is 347 g/mol. The van der Waals surface area contributed by atoms with Gasteiger partial charge in [0.1, 0.15) is 12.4 Å². The Morgan fingerprint density at radius 1 is 1.40 bits per heavy atom. The number of carbonyl (C=O) groups excluding carboxylic acids is 2. The maximum Gasteiger partial charge on any atom is 0.317 e. The Bertz CT molecular complexity index is 591. The third-order valence-electron chi connectivity index (χ3n) is 4.29. The molecule has 1 aliphatic rings. The first kappa shape index (κ1) is 19.1. The number of urea groups is 1. The largest absolute Gasteiger partial charge is 0.491 e. The van der Waals surface area contributed by atoms with E-state index in [4.69, 9.17) is 4.74 Å². The topological polar surface area (TPSA) is 70.7 Å². The Balaban J connectivity index is 1.79. The summed E-state index contributed by atoms with van der Waals surface area (Å²) in [6.07, 6.45) is 1.69. The van der Waals surface area contributed by atoms with Crippen molar-refractivity contribution in [2.24, 2.45) is 5.92 Å². The monoisotopic (exact) mass is 347 g/mol. The second-order valence-corrected chi connectivity index (χ2v) is 6.66. The lowest BCUT2D eigenvalue weighted by atomic mass is 9.97. The summed E-state index contributed by atoms with van der Waals surface area (Å²) in [6.45, 7) is 8.02. The minimum atomic E-state index is -0.130. The summed E-state index contributed by atoms with van der Waals surface area (Å²) in [5.74, 6) is 0.726. The fraction of sp³-hybridized carbons (Fsp3) is 0.579. The minimum absolute atomic E-state index is 0.0378. The smallest absolute Gasteiger partial charge is 0.317 e. The first-order chi connectivity index (χ1) is 12.0. The van der Waals surface area contributed by atoms with Crippen molar-refractivity contribution in [3.05, 3.63) is 29.8 Å². The molecule has 2 atom stereocenters. The number of rotatable bonds is 6. The van der Waals surface area contributed by atoms with Crippen molar-refractivity contribution in [1.82, 2.24) is 15.5 Å². The van der Waals surface area contributed by atoms with Gasteiger partial charge in [-0.15, -0.1) is 0 Å². The fourth-order valence-electron chi connectivity index (χ4n) is 2.96. The Hall–Kier alpha value is -2.24. The zero-order valence-corrected chi connectivity index (χ0v) is 15.4. The highest BCUT2D eigenvalue weighted by atomic mass is 16.5. The minimum Gasteiger partial charge on any atom is -0.491 e. The predicted octanol–water partition coefficient (Wildman–Crippen LogP) is 2.32. The summed E-state index contributed by atoms with van der Waals surface area (Å²) in [5, 5.41) is 5.80. The van der Waals surface area contributed by atoms with Crippen LogP contribution in [-0.4, -0.2) is 49.1 Å². The molecule has 6 heteroatoms. The first-order valence-corrected chi connectivity index (χ1v) is 9.02. The first-order valence-electron chi connectivity index (χ1n) is 9.02. The number of benzene rings is 1. The van der Waals surface area contributed by atoms with Crippen LogP contribution >= 0.6 is 0 Å². The van der Waals surface area contributed by atoms with Gasteiger partial charge in [0.15, 0.2) is 0 Å². The van der Waals surface area contributed by atoms with E-state index in [1.807, 2.05) is 45.0 Å². The Labute approximate surface area is 149 Å². The summed E-state index contributed by atoms with van der Waals surface area (Å²) in [6, 6.07) is 7.59. The molecule has 1 aromatic rings. The lowest BCUT2D eigenvalue weighted by Crippen LogP contribution is -2.51. The van der Waals surface area contributed by atoms with Crippen LogP contribution in [-0.2, 0) is 4.79 Å². The SMILES string of the molecule is CCNC(=O)[C@@H]1CCCN(C(=O)N[C@H](C)COc2cccc(C)c2)C1. The third kappa shape index (κ3) is 5.96. The molecule has 3 amide bonds. The highest BCUT2D eigenvalue weighted by Gasteiger charge is 2.28. The molecule has 2 N–H and O–H groups in total. The van der Waals surface area contributed by atoms with E-state index in [1.54, 1.807) is 4.90 Å². The molecule has 0 aromatic heterocycles. The van der Waals surface area contributed by atoms with Crippen molar-refractivity contribution >= 4 is 11.9 Å². The van der Waals surface area contributed by atoms with E-state index in [0.717, 1.165) is 24.2 Å². The van der Waals surface area contributed by atoms with Crippen LogP contribution in [0.4, 0.5) is 4.79 Å².